The van der Waals surface area contributed by atoms with Crippen LogP contribution in [-0.4, -0.2) is 71.6 Å². The van der Waals surface area contributed by atoms with E-state index >= 15 is 0 Å². The van der Waals surface area contributed by atoms with Crippen molar-refractivity contribution in [2.75, 3.05) is 20.8 Å². The number of ether oxygens (including phenoxy) is 4. The van der Waals surface area contributed by atoms with Crippen molar-refractivity contribution >= 4 is 5.97 Å². The maximum Gasteiger partial charge on any atom is 0.346 e. The van der Waals surface area contributed by atoms with Gasteiger partial charge in [0.2, 0.25) is 0 Å². The molecular weight excluding hydrogens is 420 g/mol. The van der Waals surface area contributed by atoms with Gasteiger partial charge in [-0.15, -0.1) is 0 Å². The molecule has 1 aliphatic carbocycles. The second kappa shape index (κ2) is 10.6. The first kappa shape index (κ1) is 23.8. The molecule has 0 heterocycles. The Hall–Kier alpha value is -2.85. The highest BCUT2D eigenvalue weighted by Crippen LogP contribution is 2.40. The number of hydrogen-bond acceptors (Lipinski definition) is 9. The molecule has 0 saturated heterocycles. The van der Waals surface area contributed by atoms with Crippen LogP contribution in [0, 0.1) is 5.92 Å². The molecule has 1 saturated carbocycles. The summed E-state index contributed by atoms with van der Waals surface area (Å²) in [5, 5.41) is 40.2. The van der Waals surface area contributed by atoms with Crippen molar-refractivity contribution in [3.8, 4) is 17.2 Å². The normalized spacial score (nSPS) is 25.1. The molecule has 0 amide bonds. The van der Waals surface area contributed by atoms with Gasteiger partial charge in [-0.3, -0.25) is 0 Å². The summed E-state index contributed by atoms with van der Waals surface area (Å²) in [6.07, 6.45) is -5.30. The molecule has 2 aromatic rings. The second-order valence-electron chi connectivity index (χ2n) is 7.54. The Labute approximate surface area is 185 Å². The summed E-state index contributed by atoms with van der Waals surface area (Å²) in [5.41, 5.74) is 0.743. The van der Waals surface area contributed by atoms with Crippen molar-refractivity contribution in [1.82, 2.24) is 0 Å². The minimum atomic E-state index is -1.53. The Bertz CT molecular complexity index is 900. The Morgan fingerprint density at radius 3 is 2.22 bits per heavy atom. The zero-order valence-corrected chi connectivity index (χ0v) is 17.9. The van der Waals surface area contributed by atoms with E-state index in [-0.39, 0.29) is 35.8 Å². The molecule has 4 N–H and O–H groups in total. The highest BCUT2D eigenvalue weighted by atomic mass is 16.6. The first-order valence-electron chi connectivity index (χ1n) is 10.2. The fourth-order valence-corrected chi connectivity index (χ4v) is 3.71. The molecule has 5 atom stereocenters. The van der Waals surface area contributed by atoms with Crippen LogP contribution in [0.4, 0.5) is 0 Å². The molecule has 0 bridgehead atoms. The minimum absolute atomic E-state index is 0.0169. The van der Waals surface area contributed by atoms with E-state index in [2.05, 4.69) is 0 Å². The van der Waals surface area contributed by atoms with Gasteiger partial charge in [0.15, 0.2) is 11.5 Å². The van der Waals surface area contributed by atoms with E-state index in [4.69, 9.17) is 18.9 Å². The van der Waals surface area contributed by atoms with Crippen molar-refractivity contribution in [1.29, 1.82) is 0 Å². The van der Waals surface area contributed by atoms with Gasteiger partial charge in [-0.2, -0.15) is 0 Å². The smallest absolute Gasteiger partial charge is 0.346 e. The quantitative estimate of drug-likeness (QED) is 0.435. The summed E-state index contributed by atoms with van der Waals surface area (Å²) in [6, 6.07) is 12.2. The van der Waals surface area contributed by atoms with Crippen molar-refractivity contribution in [2.45, 2.75) is 37.4 Å². The number of carbonyl (C=O) groups is 1. The lowest BCUT2D eigenvalue weighted by atomic mass is 9.81. The topological polar surface area (TPSA) is 135 Å². The molecule has 0 radical (unpaired) electrons. The molecule has 0 aromatic heterocycles. The molecule has 0 unspecified atom stereocenters. The first-order chi connectivity index (χ1) is 15.4. The maximum atomic E-state index is 13.0. The van der Waals surface area contributed by atoms with Crippen LogP contribution in [0.2, 0.25) is 0 Å². The summed E-state index contributed by atoms with van der Waals surface area (Å²) in [7, 11) is 2.77. The van der Waals surface area contributed by atoms with E-state index in [1.807, 2.05) is 30.3 Å². The van der Waals surface area contributed by atoms with Crippen LogP contribution in [0.3, 0.4) is 0 Å². The van der Waals surface area contributed by atoms with Crippen LogP contribution in [-0.2, 0) is 11.3 Å². The summed E-state index contributed by atoms with van der Waals surface area (Å²) in [4.78, 5) is 13.0. The van der Waals surface area contributed by atoms with Crippen LogP contribution in [0.25, 0.3) is 0 Å². The first-order valence-corrected chi connectivity index (χ1v) is 10.2. The standard InChI is InChI=1S/C23H28O9/c1-29-15-8-9-16(30-2)22(18(15)23(28)31-12-13-6-4-3-5-7-13)32-17-10-14(11-24)19(25)21(27)20(17)26/h3-9,14,17,19-21,24-27H,10-12H2,1-2H3/t14-,17-,19-,20+,21+/m1/s1. The Morgan fingerprint density at radius 1 is 0.938 bits per heavy atom. The minimum Gasteiger partial charge on any atom is -0.496 e. The van der Waals surface area contributed by atoms with Crippen LogP contribution in [0.15, 0.2) is 42.5 Å². The number of hydrogen-bond donors (Lipinski definition) is 4. The third-order valence-corrected chi connectivity index (χ3v) is 5.54. The number of aliphatic hydroxyl groups is 4. The molecule has 1 fully saturated rings. The SMILES string of the molecule is COc1ccc(OC)c(C(=O)OCc2ccccc2)c1O[C@@H]1C[C@H](CO)[C@@H](O)[C@H](O)[C@H]1O. The third kappa shape index (κ3) is 4.97. The fourth-order valence-electron chi connectivity index (χ4n) is 3.71. The van der Waals surface area contributed by atoms with Crippen LogP contribution >= 0.6 is 0 Å². The van der Waals surface area contributed by atoms with Crippen molar-refractivity contribution in [2.24, 2.45) is 5.92 Å². The highest BCUT2D eigenvalue weighted by molar-refractivity contribution is 5.96. The zero-order valence-electron chi connectivity index (χ0n) is 17.9. The number of rotatable bonds is 8. The lowest BCUT2D eigenvalue weighted by Gasteiger charge is -2.40. The number of esters is 1. The molecule has 32 heavy (non-hydrogen) atoms. The Morgan fingerprint density at radius 2 is 1.59 bits per heavy atom. The van der Waals surface area contributed by atoms with Gasteiger partial charge >= 0.3 is 5.97 Å². The average molecular weight is 448 g/mol. The van der Waals surface area contributed by atoms with Crippen molar-refractivity contribution < 1.29 is 44.2 Å². The molecule has 9 nitrogen and oxygen atoms in total. The van der Waals surface area contributed by atoms with Gasteiger partial charge < -0.3 is 39.4 Å². The van der Waals surface area contributed by atoms with Gasteiger partial charge in [-0.1, -0.05) is 30.3 Å². The van der Waals surface area contributed by atoms with E-state index in [1.165, 1.54) is 26.4 Å². The van der Waals surface area contributed by atoms with Gasteiger partial charge in [-0.25, -0.2) is 4.79 Å². The molecule has 0 aliphatic heterocycles. The number of benzene rings is 2. The predicted octanol–water partition coefficient (Wildman–Crippen LogP) is 0.903. The van der Waals surface area contributed by atoms with Crippen LogP contribution in [0.1, 0.15) is 22.3 Å². The van der Waals surface area contributed by atoms with E-state index in [9.17, 15) is 25.2 Å². The summed E-state index contributed by atoms with van der Waals surface area (Å²) in [5.74, 6) is -1.13. The van der Waals surface area contributed by atoms with E-state index < -0.39 is 42.9 Å². The monoisotopic (exact) mass is 448 g/mol. The molecule has 2 aromatic carbocycles. The average Bonchev–Trinajstić information content (AvgIpc) is 2.83. The van der Waals surface area contributed by atoms with Crippen LogP contribution < -0.4 is 14.2 Å². The Balaban J connectivity index is 1.92. The largest absolute Gasteiger partial charge is 0.496 e. The van der Waals surface area contributed by atoms with Gasteiger partial charge in [0.05, 0.1) is 20.3 Å². The fraction of sp³-hybridized carbons (Fsp3) is 0.435. The molecule has 1 aliphatic rings. The number of methoxy groups -OCH3 is 2. The van der Waals surface area contributed by atoms with Gasteiger partial charge in [0, 0.05) is 12.5 Å². The van der Waals surface area contributed by atoms with E-state index in [1.54, 1.807) is 0 Å². The molecular formula is C23H28O9. The molecule has 9 heteroatoms. The second-order valence-corrected chi connectivity index (χ2v) is 7.54. The van der Waals surface area contributed by atoms with E-state index in [0.717, 1.165) is 5.56 Å². The lowest BCUT2D eigenvalue weighted by Crippen LogP contribution is -2.56. The van der Waals surface area contributed by atoms with Gasteiger partial charge in [0.1, 0.15) is 36.2 Å². The van der Waals surface area contributed by atoms with Gasteiger partial charge in [-0.05, 0) is 24.1 Å². The van der Waals surface area contributed by atoms with Crippen LogP contribution in [0.5, 0.6) is 17.2 Å². The molecule has 3 rings (SSSR count). The predicted molar refractivity (Wildman–Crippen MR) is 113 cm³/mol. The number of aliphatic hydroxyl groups excluding tert-OH is 4. The maximum absolute atomic E-state index is 13.0. The Kier molecular flexibility index (Phi) is 7.92. The molecule has 174 valence electrons. The summed E-state index contributed by atoms with van der Waals surface area (Å²) in [6.45, 7) is -0.394. The third-order valence-electron chi connectivity index (χ3n) is 5.54. The van der Waals surface area contributed by atoms with Gasteiger partial charge in [0.25, 0.3) is 0 Å². The zero-order chi connectivity index (χ0) is 23.3. The molecule has 0 spiro atoms. The number of carbonyl (C=O) groups excluding carboxylic acids is 1. The summed E-state index contributed by atoms with van der Waals surface area (Å²) >= 11 is 0. The van der Waals surface area contributed by atoms with Crippen molar-refractivity contribution in [3.63, 3.8) is 0 Å². The highest BCUT2D eigenvalue weighted by Gasteiger charge is 2.44. The van der Waals surface area contributed by atoms with E-state index in [0.29, 0.717) is 0 Å². The van der Waals surface area contributed by atoms with Crippen molar-refractivity contribution in [3.05, 3.63) is 53.6 Å². The lowest BCUT2D eigenvalue weighted by molar-refractivity contribution is -0.157. The summed E-state index contributed by atoms with van der Waals surface area (Å²) < 4.78 is 22.1.